The van der Waals surface area contributed by atoms with E-state index in [9.17, 15) is 0 Å². The largest absolute Gasteiger partial charge is 0.204 e. The van der Waals surface area contributed by atoms with Gasteiger partial charge in [0.25, 0.3) is 0 Å². The minimum atomic E-state index is 0.645. The van der Waals surface area contributed by atoms with E-state index in [-0.39, 0.29) is 0 Å². The van der Waals surface area contributed by atoms with Gasteiger partial charge in [-0.25, -0.2) is 0 Å². The van der Waals surface area contributed by atoms with Crippen molar-refractivity contribution >= 4 is 0 Å². The third-order valence-corrected chi connectivity index (χ3v) is 2.20. The summed E-state index contributed by atoms with van der Waals surface area (Å²) in [6.07, 6.45) is 1.10. The van der Waals surface area contributed by atoms with Crippen LogP contribution in [0.15, 0.2) is 24.3 Å². The molecule has 1 aromatic carbocycles. The summed E-state index contributed by atoms with van der Waals surface area (Å²) in [6, 6.07) is 8.29. The number of hydrogen-bond donors (Lipinski definition) is 1. The van der Waals surface area contributed by atoms with Gasteiger partial charge in [-0.05, 0) is 23.1 Å². The van der Waals surface area contributed by atoms with Gasteiger partial charge in [-0.2, -0.15) is 5.21 Å². The highest BCUT2D eigenvalue weighted by atomic mass is 15.5. The van der Waals surface area contributed by atoms with Gasteiger partial charge in [-0.1, -0.05) is 38.1 Å². The highest BCUT2D eigenvalue weighted by molar-refractivity contribution is 5.54. The van der Waals surface area contributed by atoms with Crippen molar-refractivity contribution in [2.45, 2.75) is 20.3 Å². The van der Waals surface area contributed by atoms with Crippen LogP contribution in [0.2, 0.25) is 0 Å². The predicted molar refractivity (Wildman–Crippen MR) is 58.2 cm³/mol. The molecule has 0 radical (unpaired) electrons. The zero-order chi connectivity index (χ0) is 10.7. The molecule has 4 nitrogen and oxygen atoms in total. The van der Waals surface area contributed by atoms with Crippen LogP contribution in [0.5, 0.6) is 0 Å². The lowest BCUT2D eigenvalue weighted by molar-refractivity contribution is 0.647. The first-order valence-corrected chi connectivity index (χ1v) is 5.08. The van der Waals surface area contributed by atoms with Crippen molar-refractivity contribution in [3.8, 4) is 11.4 Å². The number of benzene rings is 1. The second kappa shape index (κ2) is 4.21. The number of aromatic nitrogens is 4. The average Bonchev–Trinajstić information content (AvgIpc) is 2.71. The van der Waals surface area contributed by atoms with Crippen molar-refractivity contribution in [1.29, 1.82) is 0 Å². The van der Waals surface area contributed by atoms with Crippen LogP contribution in [0.4, 0.5) is 0 Å². The van der Waals surface area contributed by atoms with Crippen LogP contribution in [0.25, 0.3) is 11.4 Å². The fourth-order valence-electron chi connectivity index (χ4n) is 1.55. The molecule has 2 aromatic rings. The van der Waals surface area contributed by atoms with Crippen LogP contribution in [0.3, 0.4) is 0 Å². The Kier molecular flexibility index (Phi) is 2.76. The highest BCUT2D eigenvalue weighted by Crippen LogP contribution is 2.15. The van der Waals surface area contributed by atoms with Crippen molar-refractivity contribution < 1.29 is 0 Å². The monoisotopic (exact) mass is 202 g/mol. The van der Waals surface area contributed by atoms with E-state index in [2.05, 4.69) is 46.6 Å². The molecule has 2 rings (SSSR count). The SMILES string of the molecule is CC(C)Cc1ccc(-c2nn[nH]n2)cc1. The molecule has 0 aliphatic carbocycles. The Morgan fingerprint density at radius 3 is 2.47 bits per heavy atom. The van der Waals surface area contributed by atoms with Crippen molar-refractivity contribution in [3.05, 3.63) is 29.8 Å². The summed E-state index contributed by atoms with van der Waals surface area (Å²) in [7, 11) is 0. The molecule has 1 heterocycles. The molecule has 78 valence electrons. The Hall–Kier alpha value is -1.71. The molecule has 0 saturated carbocycles. The Morgan fingerprint density at radius 1 is 1.20 bits per heavy atom. The number of hydrogen-bond acceptors (Lipinski definition) is 3. The molecule has 1 aromatic heterocycles. The Morgan fingerprint density at radius 2 is 1.93 bits per heavy atom. The number of nitrogens with one attached hydrogen (secondary N) is 1. The van der Waals surface area contributed by atoms with Gasteiger partial charge in [-0.3, -0.25) is 0 Å². The van der Waals surface area contributed by atoms with Gasteiger partial charge in [0.2, 0.25) is 5.82 Å². The zero-order valence-electron chi connectivity index (χ0n) is 8.94. The maximum Gasteiger partial charge on any atom is 0.204 e. The third kappa shape index (κ3) is 2.40. The van der Waals surface area contributed by atoms with Crippen LogP contribution in [-0.4, -0.2) is 20.6 Å². The lowest BCUT2D eigenvalue weighted by Gasteiger charge is -2.04. The molecule has 4 heteroatoms. The molecular weight excluding hydrogens is 188 g/mol. The summed E-state index contributed by atoms with van der Waals surface area (Å²) in [5.41, 5.74) is 2.34. The maximum absolute atomic E-state index is 3.93. The van der Waals surface area contributed by atoms with Crippen LogP contribution >= 0.6 is 0 Å². The van der Waals surface area contributed by atoms with Gasteiger partial charge in [-0.15, -0.1) is 10.2 Å². The molecule has 15 heavy (non-hydrogen) atoms. The Balaban J connectivity index is 2.17. The summed E-state index contributed by atoms with van der Waals surface area (Å²) < 4.78 is 0. The lowest BCUT2D eigenvalue weighted by Crippen LogP contribution is -1.93. The zero-order valence-corrected chi connectivity index (χ0v) is 8.94. The van der Waals surface area contributed by atoms with Crippen LogP contribution < -0.4 is 0 Å². The van der Waals surface area contributed by atoms with E-state index in [1.54, 1.807) is 0 Å². The number of rotatable bonds is 3. The fourth-order valence-corrected chi connectivity index (χ4v) is 1.55. The van der Waals surface area contributed by atoms with Crippen LogP contribution in [0.1, 0.15) is 19.4 Å². The second-order valence-corrected chi connectivity index (χ2v) is 4.03. The van der Waals surface area contributed by atoms with Crippen molar-refractivity contribution in [3.63, 3.8) is 0 Å². The molecule has 0 aliphatic heterocycles. The molecular formula is C11H14N4. The predicted octanol–water partition coefficient (Wildman–Crippen LogP) is 2.07. The molecule has 0 amide bonds. The molecule has 0 fully saturated rings. The second-order valence-electron chi connectivity index (χ2n) is 4.03. The van der Waals surface area contributed by atoms with Crippen molar-refractivity contribution in [1.82, 2.24) is 20.6 Å². The van der Waals surface area contributed by atoms with Crippen LogP contribution in [0, 0.1) is 5.92 Å². The van der Waals surface area contributed by atoms with Gasteiger partial charge in [0.1, 0.15) is 0 Å². The molecule has 0 unspecified atom stereocenters. The van der Waals surface area contributed by atoms with Gasteiger partial charge in [0, 0.05) is 5.56 Å². The third-order valence-electron chi connectivity index (χ3n) is 2.20. The molecule has 0 spiro atoms. The first-order chi connectivity index (χ1) is 7.25. The van der Waals surface area contributed by atoms with Crippen molar-refractivity contribution in [2.24, 2.45) is 5.92 Å². The molecule has 0 atom stereocenters. The Labute approximate surface area is 88.7 Å². The van der Waals surface area contributed by atoms with Crippen molar-refractivity contribution in [2.75, 3.05) is 0 Å². The van der Waals surface area contributed by atoms with Gasteiger partial charge >= 0.3 is 0 Å². The fraction of sp³-hybridized carbons (Fsp3) is 0.364. The van der Waals surface area contributed by atoms with E-state index in [0.717, 1.165) is 12.0 Å². The smallest absolute Gasteiger partial charge is 0.177 e. The summed E-state index contributed by atoms with van der Waals surface area (Å²) in [6.45, 7) is 4.43. The van der Waals surface area contributed by atoms with Gasteiger partial charge in [0.15, 0.2) is 0 Å². The average molecular weight is 202 g/mol. The first kappa shape index (κ1) is 9.83. The summed E-state index contributed by atoms with van der Waals surface area (Å²) >= 11 is 0. The molecule has 0 bridgehead atoms. The van der Waals surface area contributed by atoms with E-state index in [1.165, 1.54) is 5.56 Å². The van der Waals surface area contributed by atoms with Gasteiger partial charge < -0.3 is 0 Å². The number of tetrazole rings is 1. The minimum absolute atomic E-state index is 0.645. The number of nitrogens with zero attached hydrogens (tertiary/aromatic N) is 3. The Bertz CT molecular complexity index is 403. The molecule has 0 aliphatic rings. The molecule has 0 saturated heterocycles. The van der Waals surface area contributed by atoms with E-state index >= 15 is 0 Å². The van der Waals surface area contributed by atoms with E-state index in [0.29, 0.717) is 11.7 Å². The normalized spacial score (nSPS) is 10.9. The van der Waals surface area contributed by atoms with Crippen LogP contribution in [-0.2, 0) is 6.42 Å². The van der Waals surface area contributed by atoms with E-state index < -0.39 is 0 Å². The topological polar surface area (TPSA) is 54.5 Å². The van der Waals surface area contributed by atoms with Gasteiger partial charge in [0.05, 0.1) is 0 Å². The molecule has 1 N–H and O–H groups in total. The summed E-state index contributed by atoms with van der Waals surface area (Å²) in [5.74, 6) is 1.33. The summed E-state index contributed by atoms with van der Waals surface area (Å²) in [5, 5.41) is 13.8. The number of aromatic amines is 1. The minimum Gasteiger partial charge on any atom is -0.177 e. The standard InChI is InChI=1S/C11H14N4/c1-8(2)7-9-3-5-10(6-4-9)11-12-14-15-13-11/h3-6,8H,7H2,1-2H3,(H,12,13,14,15). The lowest BCUT2D eigenvalue weighted by atomic mass is 10.0. The van der Waals surface area contributed by atoms with E-state index in [4.69, 9.17) is 0 Å². The summed E-state index contributed by atoms with van der Waals surface area (Å²) in [4.78, 5) is 0. The first-order valence-electron chi connectivity index (χ1n) is 5.08. The highest BCUT2D eigenvalue weighted by Gasteiger charge is 2.02. The van der Waals surface area contributed by atoms with E-state index in [1.807, 2.05) is 12.1 Å². The number of H-pyrrole nitrogens is 1. The maximum atomic E-state index is 3.93. The quantitative estimate of drug-likeness (QED) is 0.828.